The molecule has 0 radical (unpaired) electrons. The number of nitrogens with zero attached hydrogens (tertiary/aromatic N) is 1. The van der Waals surface area contributed by atoms with Gasteiger partial charge in [-0.05, 0) is 64.0 Å². The number of benzene rings is 2. The van der Waals surface area contributed by atoms with Crippen molar-refractivity contribution in [2.24, 2.45) is 10.8 Å². The zero-order valence-corrected chi connectivity index (χ0v) is 20.6. The van der Waals surface area contributed by atoms with Gasteiger partial charge in [0.2, 0.25) is 0 Å². The maximum atomic E-state index is 5.63. The molecule has 2 fully saturated rings. The highest BCUT2D eigenvalue weighted by Crippen LogP contribution is 2.58. The van der Waals surface area contributed by atoms with E-state index in [0.717, 1.165) is 0 Å². The molecule has 0 aliphatic carbocycles. The summed E-state index contributed by atoms with van der Waals surface area (Å²) in [7, 11) is -0.338. The van der Waals surface area contributed by atoms with Crippen molar-refractivity contribution >= 4 is 26.7 Å². The Labute approximate surface area is 184 Å². The molecule has 4 rings (SSSR count). The number of hydrogen-bond donors (Lipinski definition) is 0. The molecule has 2 aliphatic rings. The molecule has 1 N–H and O–H groups in total. The molecule has 30 heavy (non-hydrogen) atoms. The van der Waals surface area contributed by atoms with Crippen LogP contribution < -0.4 is 4.67 Å². The van der Waals surface area contributed by atoms with Crippen LogP contribution in [-0.4, -0.2) is 28.7 Å². The minimum absolute atomic E-state index is 0. The van der Waals surface area contributed by atoms with Gasteiger partial charge in [-0.25, -0.2) is 0 Å². The Morgan fingerprint density at radius 3 is 1.40 bits per heavy atom. The van der Waals surface area contributed by atoms with Crippen LogP contribution in [0.25, 0.3) is 0 Å². The Morgan fingerprint density at radius 2 is 1.03 bits per heavy atom. The third-order valence-corrected chi connectivity index (χ3v) is 12.1. The van der Waals surface area contributed by atoms with Gasteiger partial charge in [-0.3, -0.25) is 0 Å². The first-order chi connectivity index (χ1) is 13.9. The average Bonchev–Trinajstić information content (AvgIpc) is 3.14. The molecule has 2 atom stereocenters. The van der Waals surface area contributed by atoms with E-state index in [1.54, 1.807) is 10.9 Å². The third kappa shape index (κ3) is 5.12. The lowest BCUT2D eigenvalue weighted by Gasteiger charge is -2.15. The van der Waals surface area contributed by atoms with Crippen LogP contribution in [0.15, 0.2) is 60.7 Å². The molecule has 160 valence electrons. The first kappa shape index (κ1) is 23.4. The van der Waals surface area contributed by atoms with Gasteiger partial charge in [0.15, 0.2) is 0 Å². The van der Waals surface area contributed by atoms with Crippen LogP contribution in [0, 0.1) is 10.8 Å². The number of rotatable bonds is 4. The molecular formula is C26H35NOP2. The zero-order valence-electron chi connectivity index (χ0n) is 18.8. The van der Waals surface area contributed by atoms with Crippen molar-refractivity contribution in [3.05, 3.63) is 71.8 Å². The van der Waals surface area contributed by atoms with Crippen LogP contribution in [0.1, 0.15) is 51.7 Å². The molecule has 0 spiro atoms. The van der Waals surface area contributed by atoms with Crippen molar-refractivity contribution in [1.82, 2.24) is 4.67 Å². The third-order valence-electron chi connectivity index (χ3n) is 6.47. The van der Waals surface area contributed by atoms with Crippen molar-refractivity contribution in [3.8, 4) is 0 Å². The second-order valence-corrected chi connectivity index (χ2v) is 14.4. The smallest absolute Gasteiger partial charge is 0.305 e. The summed E-state index contributed by atoms with van der Waals surface area (Å²) < 4.78 is 5.63. The van der Waals surface area contributed by atoms with Crippen molar-refractivity contribution in [3.63, 3.8) is 0 Å². The highest BCUT2D eigenvalue weighted by Gasteiger charge is 2.50. The predicted molar refractivity (Wildman–Crippen MR) is 135 cm³/mol. The summed E-state index contributed by atoms with van der Waals surface area (Å²) in [6, 6.07) is 22.1. The van der Waals surface area contributed by atoms with Gasteiger partial charge in [0.1, 0.15) is 0 Å². The molecule has 2 aromatic carbocycles. The predicted octanol–water partition coefficient (Wildman–Crippen LogP) is 6.90. The van der Waals surface area contributed by atoms with Crippen LogP contribution in [-0.2, 0) is 12.3 Å². The second kappa shape index (κ2) is 9.46. The molecule has 0 amide bonds. The molecular weight excluding hydrogens is 404 g/mol. The maximum absolute atomic E-state index is 5.63. The molecule has 2 heterocycles. The quantitative estimate of drug-likeness (QED) is 0.378. The topological polar surface area (TPSA) is 44.1 Å². The molecule has 2 saturated heterocycles. The fraction of sp³-hybridized carbons (Fsp3) is 0.462. The summed E-state index contributed by atoms with van der Waals surface area (Å²) >= 11 is 0. The van der Waals surface area contributed by atoms with Crippen molar-refractivity contribution < 1.29 is 5.48 Å². The number of hydrogen-bond acceptors (Lipinski definition) is 1. The molecule has 0 saturated carbocycles. The monoisotopic (exact) mass is 439 g/mol. The van der Waals surface area contributed by atoms with E-state index >= 15 is 0 Å². The summed E-state index contributed by atoms with van der Waals surface area (Å²) in [5.41, 5.74) is 6.54. The van der Waals surface area contributed by atoms with E-state index in [1.807, 2.05) is 0 Å². The lowest BCUT2D eigenvalue weighted by molar-refractivity contribution is 0.519. The second-order valence-electron chi connectivity index (χ2n) is 9.84. The lowest BCUT2D eigenvalue weighted by Crippen LogP contribution is -2.25. The van der Waals surface area contributed by atoms with Crippen LogP contribution in [0.2, 0.25) is 0 Å². The Morgan fingerprint density at radius 1 is 0.667 bits per heavy atom. The van der Waals surface area contributed by atoms with E-state index in [9.17, 15) is 0 Å². The summed E-state index contributed by atoms with van der Waals surface area (Å²) in [6.45, 7) is 9.73. The normalized spacial score (nSPS) is 24.4. The molecule has 0 aromatic heterocycles. The van der Waals surface area contributed by atoms with E-state index in [4.69, 9.17) is 4.67 Å². The lowest BCUT2D eigenvalue weighted by atomic mass is 9.91. The van der Waals surface area contributed by atoms with Crippen LogP contribution in [0.3, 0.4) is 0 Å². The van der Waals surface area contributed by atoms with E-state index in [2.05, 4.69) is 88.4 Å². The van der Waals surface area contributed by atoms with Crippen LogP contribution in [0.5, 0.6) is 0 Å². The Hall–Kier alpha value is -1.29. The summed E-state index contributed by atoms with van der Waals surface area (Å²) in [6.07, 6.45) is 7.63. The zero-order chi connectivity index (χ0) is 20.5. The van der Waals surface area contributed by atoms with E-state index < -0.39 is 0 Å². The Balaban J connectivity index is 0.00000256. The van der Waals surface area contributed by atoms with E-state index in [0.29, 0.717) is 0 Å². The molecule has 4 heteroatoms. The molecule has 2 unspecified atom stereocenters. The highest BCUT2D eigenvalue weighted by molar-refractivity contribution is 7.76. The Bertz CT molecular complexity index is 841. The first-order valence-electron chi connectivity index (χ1n) is 10.9. The van der Waals surface area contributed by atoms with Crippen LogP contribution >= 0.6 is 15.8 Å². The van der Waals surface area contributed by atoms with Crippen molar-refractivity contribution in [2.45, 2.75) is 52.9 Å². The minimum Gasteiger partial charge on any atom is -0.870 e. The first-order valence-corrected chi connectivity index (χ1v) is 14.3. The summed E-state index contributed by atoms with van der Waals surface area (Å²) in [5.74, 6) is 0. The maximum Gasteiger partial charge on any atom is 0.305 e. The van der Waals surface area contributed by atoms with Crippen LogP contribution in [0.4, 0.5) is 0 Å². The average molecular weight is 440 g/mol. The van der Waals surface area contributed by atoms with E-state index in [1.165, 1.54) is 48.6 Å². The fourth-order valence-electron chi connectivity index (χ4n) is 4.58. The van der Waals surface area contributed by atoms with Crippen molar-refractivity contribution in [2.75, 3.05) is 12.3 Å². The van der Waals surface area contributed by atoms with E-state index in [-0.39, 0.29) is 32.1 Å². The fourth-order valence-corrected chi connectivity index (χ4v) is 11.1. The standard InChI is InChI=1S/C26H34NP2.H2O/c1-25(2)15-17-28(19-21-11-7-5-8-12-21)23(25)27-24-26(3,4)16-18-29(24)20-22-13-9-6-10-14-22;/h5-14H,15-20H2,1-4H3;1H2/q+1;/p-1. The van der Waals surface area contributed by atoms with Gasteiger partial charge in [-0.2, -0.15) is 0 Å². The van der Waals surface area contributed by atoms with Crippen molar-refractivity contribution in [1.29, 1.82) is 0 Å². The van der Waals surface area contributed by atoms with Gasteiger partial charge in [0.25, 0.3) is 0 Å². The summed E-state index contributed by atoms with van der Waals surface area (Å²) in [5, 5.41) is 0. The van der Waals surface area contributed by atoms with Gasteiger partial charge in [0, 0.05) is 28.2 Å². The summed E-state index contributed by atoms with van der Waals surface area (Å²) in [4.78, 5) is 0. The molecule has 2 aliphatic heterocycles. The van der Waals surface area contributed by atoms with Gasteiger partial charge in [0.05, 0.1) is 10.8 Å². The highest BCUT2D eigenvalue weighted by atomic mass is 31.1. The molecule has 2 aromatic rings. The van der Waals surface area contributed by atoms with Gasteiger partial charge >= 0.3 is 10.9 Å². The molecule has 2 nitrogen and oxygen atoms in total. The molecule has 0 bridgehead atoms. The SMILES string of the molecule is CC1(C)CCP(Cc2ccccc2)C1=[N+]=C1P(Cc2ccccc2)CCC1(C)C.[OH-]. The minimum atomic E-state index is -0.169. The van der Waals surface area contributed by atoms with Gasteiger partial charge in [-0.15, -0.1) is 0 Å². The van der Waals surface area contributed by atoms with Gasteiger partial charge < -0.3 is 5.48 Å². The van der Waals surface area contributed by atoms with Gasteiger partial charge in [-0.1, -0.05) is 65.3 Å². The largest absolute Gasteiger partial charge is 0.870 e. The Kier molecular flexibility index (Phi) is 7.37.